The predicted octanol–water partition coefficient (Wildman–Crippen LogP) is 9.98. The van der Waals surface area contributed by atoms with Crippen molar-refractivity contribution in [2.45, 2.75) is 133 Å². The van der Waals surface area contributed by atoms with Gasteiger partial charge in [-0.3, -0.25) is 4.79 Å². The van der Waals surface area contributed by atoms with E-state index in [4.69, 9.17) is 44.3 Å². The molecule has 2 aromatic carbocycles. The van der Waals surface area contributed by atoms with Crippen molar-refractivity contribution in [3.05, 3.63) is 70.8 Å². The normalized spacial score (nSPS) is 20.1. The first-order valence-corrected chi connectivity index (χ1v) is 19.0. The zero-order chi connectivity index (χ0) is 34.1. The minimum atomic E-state index is -2.00. The number of alkyl halides is 3. The molecule has 0 spiro atoms. The highest BCUT2D eigenvalue weighted by molar-refractivity contribution is 6.76. The molecular formula is C38H57Cl3N2O4. The summed E-state index contributed by atoms with van der Waals surface area (Å²) >= 11 is 17.1. The van der Waals surface area contributed by atoms with E-state index in [0.29, 0.717) is 0 Å². The third kappa shape index (κ3) is 14.2. The number of rotatable bonds is 21. The molecule has 4 unspecified atom stereocenters. The highest BCUT2D eigenvalue weighted by atomic mass is 35.6. The second-order valence-corrected chi connectivity index (χ2v) is 15.4. The zero-order valence-corrected chi connectivity index (χ0v) is 31.0. The minimum Gasteiger partial charge on any atom is -0.392 e. The highest BCUT2D eigenvalue weighted by Gasteiger charge is 2.39. The van der Waals surface area contributed by atoms with Crippen LogP contribution >= 0.6 is 34.8 Å². The van der Waals surface area contributed by atoms with E-state index in [0.717, 1.165) is 41.9 Å². The number of carbonyl (C=O) groups is 1. The van der Waals surface area contributed by atoms with Crippen molar-refractivity contribution in [1.82, 2.24) is 10.2 Å². The molecule has 1 heterocycles. The number of hydrogen-bond donors (Lipinski definition) is 2. The van der Waals surface area contributed by atoms with Crippen LogP contribution in [0.4, 0.5) is 0 Å². The SMILES string of the molecule is CCCCCCCCN(CCCCCCCC)CC1OC(c2ccc(CNC(=O)C(Cl)(Cl)Cl)cc2)OC(c2ccc(CO)cc2)C1C. The van der Waals surface area contributed by atoms with Crippen LogP contribution in [0.2, 0.25) is 0 Å². The van der Waals surface area contributed by atoms with Crippen LogP contribution in [0, 0.1) is 5.92 Å². The van der Waals surface area contributed by atoms with Gasteiger partial charge < -0.3 is 24.8 Å². The molecule has 4 atom stereocenters. The first kappa shape index (κ1) is 40.1. The monoisotopic (exact) mass is 710 g/mol. The molecular weight excluding hydrogens is 655 g/mol. The van der Waals surface area contributed by atoms with Gasteiger partial charge in [0, 0.05) is 24.6 Å². The Morgan fingerprint density at radius 1 is 0.766 bits per heavy atom. The van der Waals surface area contributed by atoms with Crippen molar-refractivity contribution in [3.8, 4) is 0 Å². The Morgan fingerprint density at radius 3 is 1.81 bits per heavy atom. The van der Waals surface area contributed by atoms with E-state index < -0.39 is 16.0 Å². The van der Waals surface area contributed by atoms with Gasteiger partial charge in [0.1, 0.15) is 0 Å². The fourth-order valence-corrected chi connectivity index (χ4v) is 6.38. The maximum atomic E-state index is 12.0. The molecule has 6 nitrogen and oxygen atoms in total. The van der Waals surface area contributed by atoms with E-state index in [-0.39, 0.29) is 31.3 Å². The summed E-state index contributed by atoms with van der Waals surface area (Å²) in [5, 5.41) is 12.3. The van der Waals surface area contributed by atoms with Crippen LogP contribution in [0.5, 0.6) is 0 Å². The van der Waals surface area contributed by atoms with Gasteiger partial charge in [0.2, 0.25) is 0 Å². The highest BCUT2D eigenvalue weighted by Crippen LogP contribution is 2.42. The molecule has 0 bridgehead atoms. The number of carbonyl (C=O) groups excluding carboxylic acids is 1. The lowest BCUT2D eigenvalue weighted by Gasteiger charge is -2.43. The average molecular weight is 712 g/mol. The molecule has 2 N–H and O–H groups in total. The van der Waals surface area contributed by atoms with E-state index in [2.05, 4.69) is 43.1 Å². The molecule has 3 rings (SSSR count). The van der Waals surface area contributed by atoms with Crippen molar-refractivity contribution in [2.75, 3.05) is 19.6 Å². The van der Waals surface area contributed by atoms with Crippen LogP contribution < -0.4 is 5.32 Å². The summed E-state index contributed by atoms with van der Waals surface area (Å²) in [5.74, 6) is -0.539. The molecule has 1 aliphatic rings. The first-order valence-electron chi connectivity index (χ1n) is 17.8. The van der Waals surface area contributed by atoms with Crippen molar-refractivity contribution in [2.24, 2.45) is 5.92 Å². The molecule has 47 heavy (non-hydrogen) atoms. The van der Waals surface area contributed by atoms with Crippen molar-refractivity contribution in [1.29, 1.82) is 0 Å². The molecule has 0 radical (unpaired) electrons. The summed E-state index contributed by atoms with van der Waals surface area (Å²) in [6.45, 7) is 10.0. The third-order valence-electron chi connectivity index (χ3n) is 9.18. The Kier molecular flexibility index (Phi) is 18.5. The summed E-state index contributed by atoms with van der Waals surface area (Å²) in [6.07, 6.45) is 14.7. The van der Waals surface area contributed by atoms with Crippen molar-refractivity contribution >= 4 is 40.7 Å². The number of aliphatic hydroxyl groups is 1. The van der Waals surface area contributed by atoms with Gasteiger partial charge in [-0.1, -0.05) is 168 Å². The van der Waals surface area contributed by atoms with Crippen LogP contribution in [-0.4, -0.2) is 45.4 Å². The van der Waals surface area contributed by atoms with Gasteiger partial charge in [-0.2, -0.15) is 0 Å². The summed E-state index contributed by atoms with van der Waals surface area (Å²) in [4.78, 5) is 14.6. The molecule has 1 amide bonds. The number of benzene rings is 2. The molecule has 9 heteroatoms. The van der Waals surface area contributed by atoms with Crippen LogP contribution in [0.1, 0.15) is 132 Å². The summed E-state index contributed by atoms with van der Waals surface area (Å²) < 4.78 is 11.5. The van der Waals surface area contributed by atoms with E-state index >= 15 is 0 Å². The third-order valence-corrected chi connectivity index (χ3v) is 9.69. The average Bonchev–Trinajstić information content (AvgIpc) is 3.07. The molecule has 264 valence electrons. The Bertz CT molecular complexity index is 1130. The molecule has 1 fully saturated rings. The number of ether oxygens (including phenoxy) is 2. The standard InChI is InChI=1S/C38H57Cl3N2O4/c1-4-6-8-10-12-14-24-43(25-15-13-11-9-7-5-2)27-34-29(3)35(32-20-18-31(28-44)19-21-32)47-36(46-34)33-22-16-30(17-23-33)26-42-37(45)38(39,40)41/h16-23,29,34-36,44H,4-15,24-28H2,1-3H3,(H,42,45). The lowest BCUT2D eigenvalue weighted by Crippen LogP contribution is -2.45. The largest absolute Gasteiger partial charge is 0.392 e. The number of halogens is 3. The van der Waals surface area contributed by atoms with Gasteiger partial charge in [-0.25, -0.2) is 0 Å². The number of aliphatic hydroxyl groups excluding tert-OH is 1. The topological polar surface area (TPSA) is 71.0 Å². The molecule has 1 saturated heterocycles. The first-order chi connectivity index (χ1) is 22.7. The summed E-state index contributed by atoms with van der Waals surface area (Å²) in [5.41, 5.74) is 3.74. The number of nitrogens with one attached hydrogen (secondary N) is 1. The van der Waals surface area contributed by atoms with Gasteiger partial charge in [-0.15, -0.1) is 0 Å². The quantitative estimate of drug-likeness (QED) is 0.0997. The minimum absolute atomic E-state index is 0.00995. The lowest BCUT2D eigenvalue weighted by molar-refractivity contribution is -0.276. The maximum absolute atomic E-state index is 12.0. The van der Waals surface area contributed by atoms with E-state index in [1.54, 1.807) is 0 Å². The number of amides is 1. The molecule has 2 aromatic rings. The summed E-state index contributed by atoms with van der Waals surface area (Å²) in [7, 11) is 0. The van der Waals surface area contributed by atoms with Gasteiger partial charge in [0.15, 0.2) is 6.29 Å². The maximum Gasteiger partial charge on any atom is 0.272 e. The Hall–Kier alpha value is -1.38. The lowest BCUT2D eigenvalue weighted by atomic mass is 9.90. The number of hydrogen-bond acceptors (Lipinski definition) is 5. The van der Waals surface area contributed by atoms with E-state index in [1.807, 2.05) is 36.4 Å². The van der Waals surface area contributed by atoms with Crippen molar-refractivity contribution in [3.63, 3.8) is 0 Å². The van der Waals surface area contributed by atoms with Crippen LogP contribution in [0.25, 0.3) is 0 Å². The fraction of sp³-hybridized carbons (Fsp3) is 0.658. The second kappa shape index (κ2) is 21.7. The molecule has 0 aliphatic carbocycles. The van der Waals surface area contributed by atoms with Crippen LogP contribution in [0.15, 0.2) is 48.5 Å². The molecule has 1 aliphatic heterocycles. The second-order valence-electron chi connectivity index (χ2n) is 13.1. The fourth-order valence-electron chi connectivity index (χ4n) is 6.18. The van der Waals surface area contributed by atoms with Crippen LogP contribution in [0.3, 0.4) is 0 Å². The predicted molar refractivity (Wildman–Crippen MR) is 195 cm³/mol. The Balaban J connectivity index is 1.76. The van der Waals surface area contributed by atoms with Gasteiger partial charge in [0.25, 0.3) is 9.70 Å². The van der Waals surface area contributed by atoms with Gasteiger partial charge >= 0.3 is 0 Å². The van der Waals surface area contributed by atoms with Gasteiger partial charge in [-0.05, 0) is 42.6 Å². The van der Waals surface area contributed by atoms with Crippen LogP contribution in [-0.2, 0) is 27.4 Å². The number of nitrogens with zero attached hydrogens (tertiary/aromatic N) is 1. The Labute approximate surface area is 298 Å². The van der Waals surface area contributed by atoms with E-state index in [1.165, 1.54) is 77.0 Å². The van der Waals surface area contributed by atoms with Gasteiger partial charge in [0.05, 0.1) is 18.8 Å². The zero-order valence-electron chi connectivity index (χ0n) is 28.7. The van der Waals surface area contributed by atoms with Crippen molar-refractivity contribution < 1.29 is 19.4 Å². The molecule has 0 aromatic heterocycles. The molecule has 0 saturated carbocycles. The smallest absolute Gasteiger partial charge is 0.272 e. The van der Waals surface area contributed by atoms with E-state index in [9.17, 15) is 9.90 Å². The Morgan fingerprint density at radius 2 is 1.28 bits per heavy atom. The number of unbranched alkanes of at least 4 members (excludes halogenated alkanes) is 10. The summed E-state index contributed by atoms with van der Waals surface area (Å²) in [6, 6.07) is 15.9.